The first-order chi connectivity index (χ1) is 20.9. The Morgan fingerprint density at radius 2 is 1.98 bits per heavy atom. The number of nitrogens with one attached hydrogen (secondary N) is 1. The highest BCUT2D eigenvalue weighted by molar-refractivity contribution is 6.37. The Labute approximate surface area is 256 Å². The first-order valence-electron chi connectivity index (χ1n) is 14.2. The summed E-state index contributed by atoms with van der Waals surface area (Å²) in [4.78, 5) is 44.2. The molecule has 1 aromatic carbocycles. The van der Waals surface area contributed by atoms with E-state index in [4.69, 9.17) is 16.6 Å². The lowest BCUT2D eigenvalue weighted by Gasteiger charge is -2.45. The van der Waals surface area contributed by atoms with Crippen LogP contribution in [0, 0.1) is 18.6 Å². The number of halogens is 3. The van der Waals surface area contributed by atoms with E-state index in [-0.39, 0.29) is 52.5 Å². The summed E-state index contributed by atoms with van der Waals surface area (Å²) in [5.41, 5.74) is 0.654. The highest BCUT2D eigenvalue weighted by atomic mass is 35.5. The van der Waals surface area contributed by atoms with Crippen molar-refractivity contribution in [2.45, 2.75) is 45.7 Å². The molecule has 0 saturated carbocycles. The van der Waals surface area contributed by atoms with Crippen LogP contribution in [-0.2, 0) is 4.79 Å². The molecule has 13 heteroatoms. The smallest absolute Gasteiger partial charge is 0.355 e. The minimum Gasteiger partial charge on any atom is -0.507 e. The quantitative estimate of drug-likeness (QED) is 0.308. The Kier molecular flexibility index (Phi) is 7.27. The van der Waals surface area contributed by atoms with E-state index >= 15 is 4.39 Å². The van der Waals surface area contributed by atoms with E-state index in [1.54, 1.807) is 17.2 Å². The summed E-state index contributed by atoms with van der Waals surface area (Å²) < 4.78 is 31.1. The Balaban J connectivity index is 1.74. The second-order valence-electron chi connectivity index (χ2n) is 11.4. The molecule has 10 nitrogen and oxygen atoms in total. The fraction of sp³-hybridized carbons (Fsp3) is 0.323. The van der Waals surface area contributed by atoms with E-state index in [9.17, 15) is 19.1 Å². The van der Waals surface area contributed by atoms with Crippen molar-refractivity contribution in [3.63, 3.8) is 0 Å². The van der Waals surface area contributed by atoms with Crippen molar-refractivity contribution in [3.8, 4) is 22.7 Å². The first kappa shape index (κ1) is 29.5. The van der Waals surface area contributed by atoms with Crippen LogP contribution in [0.4, 0.5) is 20.3 Å². The van der Waals surface area contributed by atoms with E-state index in [1.165, 1.54) is 10.6 Å². The van der Waals surface area contributed by atoms with Crippen molar-refractivity contribution < 1.29 is 18.7 Å². The zero-order chi connectivity index (χ0) is 31.6. The summed E-state index contributed by atoms with van der Waals surface area (Å²) in [6.45, 7) is 12.1. The van der Waals surface area contributed by atoms with E-state index in [2.05, 4.69) is 21.9 Å². The molecule has 2 atom stereocenters. The molecule has 0 spiro atoms. The minimum atomic E-state index is -1.34. The summed E-state index contributed by atoms with van der Waals surface area (Å²) in [7, 11) is 0. The number of phenols is 1. The van der Waals surface area contributed by atoms with Crippen LogP contribution in [0.2, 0.25) is 5.02 Å². The second-order valence-corrected chi connectivity index (χ2v) is 11.8. The lowest BCUT2D eigenvalue weighted by Crippen LogP contribution is -2.61. The maximum absolute atomic E-state index is 15.3. The Morgan fingerprint density at radius 1 is 1.23 bits per heavy atom. The number of amides is 1. The number of hydrogen-bond donors (Lipinski definition) is 2. The Bertz CT molecular complexity index is 1930. The number of aromatic nitrogens is 4. The van der Waals surface area contributed by atoms with E-state index in [1.807, 2.05) is 32.6 Å². The standard InChI is InChI=1S/C31H30ClF2N7O3/c1-6-20(43)39-12-16(5)40-17(13-39)11-36-26-22-29(37-27(23(26)32)21-19(42)8-7-18(33)24(21)34)41(31(44)38-30(22)40)28-15(4)9-10-35-25(28)14(2)3/h6-10,14,16-17,36,42H,1,11-13H2,2-5H3. The summed E-state index contributed by atoms with van der Waals surface area (Å²) in [6, 6.07) is 2.96. The van der Waals surface area contributed by atoms with Gasteiger partial charge in [-0.15, -0.1) is 0 Å². The highest BCUT2D eigenvalue weighted by Gasteiger charge is 2.40. The molecule has 0 radical (unpaired) electrons. The maximum atomic E-state index is 15.3. The van der Waals surface area contributed by atoms with Crippen molar-refractivity contribution in [1.29, 1.82) is 0 Å². The van der Waals surface area contributed by atoms with Gasteiger partial charge in [-0.3, -0.25) is 9.78 Å². The molecule has 1 saturated heterocycles. The molecule has 2 N–H and O–H groups in total. The highest BCUT2D eigenvalue weighted by Crippen LogP contribution is 2.46. The van der Waals surface area contributed by atoms with Crippen LogP contribution in [0.1, 0.15) is 37.9 Å². The zero-order valence-electron chi connectivity index (χ0n) is 24.5. The van der Waals surface area contributed by atoms with Crippen LogP contribution in [0.15, 0.2) is 41.8 Å². The molecule has 2 aliphatic heterocycles. The van der Waals surface area contributed by atoms with Crippen LogP contribution < -0.4 is 15.9 Å². The van der Waals surface area contributed by atoms with Gasteiger partial charge in [-0.2, -0.15) is 4.98 Å². The van der Waals surface area contributed by atoms with Crippen molar-refractivity contribution in [2.75, 3.05) is 29.9 Å². The average Bonchev–Trinajstić information content (AvgIpc) is 3.15. The van der Waals surface area contributed by atoms with Gasteiger partial charge >= 0.3 is 5.69 Å². The predicted octanol–water partition coefficient (Wildman–Crippen LogP) is 4.93. The zero-order valence-corrected chi connectivity index (χ0v) is 25.3. The SMILES string of the molecule is C=CC(=O)N1CC(C)N2c3nc(=O)n(-c4c(C)ccnc4C(C)C)c4nc(-c5c(O)ccc(F)c5F)c(Cl)c(c34)NCC2C1. The van der Waals surface area contributed by atoms with Crippen LogP contribution in [-0.4, -0.2) is 67.2 Å². The van der Waals surface area contributed by atoms with Crippen molar-refractivity contribution in [2.24, 2.45) is 0 Å². The molecule has 44 heavy (non-hydrogen) atoms. The summed E-state index contributed by atoms with van der Waals surface area (Å²) in [5.74, 6) is -3.15. The molecule has 3 aromatic heterocycles. The van der Waals surface area contributed by atoms with Gasteiger partial charge in [-0.25, -0.2) is 23.1 Å². The predicted molar refractivity (Wildman–Crippen MR) is 165 cm³/mol. The minimum absolute atomic E-state index is 0.0698. The van der Waals surface area contributed by atoms with Gasteiger partial charge in [-0.1, -0.05) is 32.0 Å². The topological polar surface area (TPSA) is 116 Å². The first-order valence-corrected chi connectivity index (χ1v) is 14.5. The van der Waals surface area contributed by atoms with Gasteiger partial charge in [0, 0.05) is 31.9 Å². The number of nitrogens with zero attached hydrogens (tertiary/aromatic N) is 6. The van der Waals surface area contributed by atoms with Gasteiger partial charge in [0.2, 0.25) is 5.91 Å². The molecule has 1 amide bonds. The van der Waals surface area contributed by atoms with Crippen LogP contribution >= 0.6 is 11.6 Å². The van der Waals surface area contributed by atoms with E-state index < -0.39 is 28.6 Å². The summed E-state index contributed by atoms with van der Waals surface area (Å²) >= 11 is 6.93. The van der Waals surface area contributed by atoms with Crippen molar-refractivity contribution in [1.82, 2.24) is 24.4 Å². The molecule has 6 rings (SSSR count). The molecule has 5 heterocycles. The van der Waals surface area contributed by atoms with Gasteiger partial charge in [0.15, 0.2) is 17.3 Å². The van der Waals surface area contributed by atoms with Crippen molar-refractivity contribution in [3.05, 3.63) is 75.4 Å². The second kappa shape index (κ2) is 10.8. The Morgan fingerprint density at radius 3 is 2.68 bits per heavy atom. The number of fused-ring (bicyclic) bond motifs is 2. The Hall–Kier alpha value is -4.58. The van der Waals surface area contributed by atoms with Crippen LogP contribution in [0.25, 0.3) is 28.0 Å². The van der Waals surface area contributed by atoms with Gasteiger partial charge in [-0.05, 0) is 49.6 Å². The lowest BCUT2D eigenvalue weighted by molar-refractivity contribution is -0.127. The fourth-order valence-electron chi connectivity index (χ4n) is 6.24. The number of aromatic hydroxyl groups is 1. The molecule has 2 unspecified atom stereocenters. The molecule has 228 valence electrons. The lowest BCUT2D eigenvalue weighted by atomic mass is 10.0. The molecule has 1 fully saturated rings. The normalized spacial score (nSPS) is 17.8. The number of aryl methyl sites for hydroxylation is 1. The summed E-state index contributed by atoms with van der Waals surface area (Å²) in [5, 5.41) is 14.3. The average molecular weight is 622 g/mol. The van der Waals surface area contributed by atoms with Gasteiger partial charge in [0.25, 0.3) is 0 Å². The number of benzene rings is 1. The maximum Gasteiger partial charge on any atom is 0.355 e. The molecule has 4 aromatic rings. The molecule has 0 aliphatic carbocycles. The number of carbonyl (C=O) groups excluding carboxylic acids is 1. The molecule has 0 bridgehead atoms. The van der Waals surface area contributed by atoms with Crippen molar-refractivity contribution >= 4 is 40.0 Å². The largest absolute Gasteiger partial charge is 0.507 e. The molecule has 2 aliphatic rings. The van der Waals surface area contributed by atoms with E-state index in [0.717, 1.165) is 12.1 Å². The van der Waals surface area contributed by atoms with Gasteiger partial charge in [0.1, 0.15) is 17.3 Å². The number of phenolic OH excluding ortho intramolecular Hbond substituents is 1. The van der Waals surface area contributed by atoms with Gasteiger partial charge < -0.3 is 20.2 Å². The monoisotopic (exact) mass is 621 g/mol. The number of carbonyl (C=O) groups is 1. The third kappa shape index (κ3) is 4.47. The van der Waals surface area contributed by atoms with E-state index in [0.29, 0.717) is 41.2 Å². The number of pyridine rings is 2. The fourth-order valence-corrected chi connectivity index (χ4v) is 6.54. The van der Waals surface area contributed by atoms with Gasteiger partial charge in [0.05, 0.1) is 39.1 Å². The van der Waals surface area contributed by atoms with Crippen LogP contribution in [0.5, 0.6) is 5.75 Å². The molecular weight excluding hydrogens is 592 g/mol. The van der Waals surface area contributed by atoms with Crippen LogP contribution in [0.3, 0.4) is 0 Å². The summed E-state index contributed by atoms with van der Waals surface area (Å²) in [6.07, 6.45) is 2.91. The molecular formula is C31H30ClF2N7O3. The third-order valence-corrected chi connectivity index (χ3v) is 8.58. The number of hydrogen-bond acceptors (Lipinski definition) is 8. The number of rotatable bonds is 4. The number of piperazine rings is 1. The third-order valence-electron chi connectivity index (χ3n) is 8.21. The number of anilines is 2.